The van der Waals surface area contributed by atoms with E-state index in [9.17, 15) is 9.18 Å². The molecule has 0 aliphatic carbocycles. The molecule has 1 rings (SSSR count). The van der Waals surface area contributed by atoms with Gasteiger partial charge in [0, 0.05) is 11.6 Å². The Bertz CT molecular complexity index is 381. The lowest BCUT2D eigenvalue weighted by atomic mass is 10.1. The molecule has 0 saturated heterocycles. The minimum atomic E-state index is -0.893. The molecule has 2 N–H and O–H groups in total. The molecule has 17 heavy (non-hydrogen) atoms. The molecule has 0 bridgehead atoms. The highest BCUT2D eigenvalue weighted by molar-refractivity contribution is 5.73. The highest BCUT2D eigenvalue weighted by atomic mass is 19.1. The van der Waals surface area contributed by atoms with E-state index in [4.69, 9.17) is 5.11 Å². The molecule has 0 aliphatic heterocycles. The normalized spacial score (nSPS) is 14.3. The summed E-state index contributed by atoms with van der Waals surface area (Å²) in [5, 5.41) is 11.9. The number of carboxylic acids is 1. The number of aliphatic carboxylic acids is 1. The van der Waals surface area contributed by atoms with Crippen LogP contribution >= 0.6 is 0 Å². The van der Waals surface area contributed by atoms with Crippen LogP contribution in [0.25, 0.3) is 0 Å². The average molecular weight is 239 g/mol. The molecule has 2 atom stereocenters. The molecule has 0 spiro atoms. The maximum Gasteiger partial charge on any atom is 0.320 e. The maximum atomic E-state index is 13.5. The van der Waals surface area contributed by atoms with Crippen molar-refractivity contribution < 1.29 is 14.3 Å². The maximum absolute atomic E-state index is 13.5. The van der Waals surface area contributed by atoms with E-state index in [0.717, 1.165) is 6.42 Å². The third kappa shape index (κ3) is 3.82. The first-order valence-corrected chi connectivity index (χ1v) is 5.79. The lowest BCUT2D eigenvalue weighted by molar-refractivity contribution is -0.139. The molecule has 0 amide bonds. The van der Waals surface area contributed by atoms with Gasteiger partial charge in [-0.25, -0.2) is 4.39 Å². The summed E-state index contributed by atoms with van der Waals surface area (Å²) in [5.41, 5.74) is 0.495. The lowest BCUT2D eigenvalue weighted by Crippen LogP contribution is -2.38. The number of carbonyl (C=O) groups is 1. The third-order valence-electron chi connectivity index (χ3n) is 2.70. The minimum Gasteiger partial charge on any atom is -0.480 e. The highest BCUT2D eigenvalue weighted by Gasteiger charge is 2.20. The SMILES string of the molecule is CCCC(N[C@H](C)c1ccccc1F)C(=O)O. The summed E-state index contributed by atoms with van der Waals surface area (Å²) < 4.78 is 13.5. The van der Waals surface area contributed by atoms with Crippen LogP contribution in [0.3, 0.4) is 0 Å². The smallest absolute Gasteiger partial charge is 0.320 e. The molecule has 0 heterocycles. The van der Waals surface area contributed by atoms with Crippen molar-refractivity contribution in [2.24, 2.45) is 0 Å². The van der Waals surface area contributed by atoms with Gasteiger partial charge in [-0.1, -0.05) is 31.5 Å². The van der Waals surface area contributed by atoms with Gasteiger partial charge >= 0.3 is 5.97 Å². The average Bonchev–Trinajstić information content (AvgIpc) is 2.28. The van der Waals surface area contributed by atoms with Crippen LogP contribution in [-0.4, -0.2) is 17.1 Å². The zero-order chi connectivity index (χ0) is 12.8. The van der Waals surface area contributed by atoms with E-state index in [1.54, 1.807) is 25.1 Å². The minimum absolute atomic E-state index is 0.312. The van der Waals surface area contributed by atoms with E-state index in [0.29, 0.717) is 12.0 Å². The Kier molecular flexibility index (Phi) is 5.10. The second-order valence-electron chi connectivity index (χ2n) is 4.09. The zero-order valence-corrected chi connectivity index (χ0v) is 10.1. The summed E-state index contributed by atoms with van der Waals surface area (Å²) >= 11 is 0. The van der Waals surface area contributed by atoms with Gasteiger partial charge in [0.05, 0.1) is 0 Å². The van der Waals surface area contributed by atoms with Gasteiger partial charge in [0.1, 0.15) is 11.9 Å². The van der Waals surface area contributed by atoms with Crippen molar-refractivity contribution in [2.75, 3.05) is 0 Å². The first-order valence-electron chi connectivity index (χ1n) is 5.79. The molecule has 1 aromatic carbocycles. The number of carboxylic acid groups (broad SMARTS) is 1. The summed E-state index contributed by atoms with van der Waals surface area (Å²) in [5.74, 6) is -1.21. The molecule has 1 aromatic rings. The van der Waals surface area contributed by atoms with Gasteiger partial charge in [-0.05, 0) is 19.4 Å². The molecule has 0 aromatic heterocycles. The first kappa shape index (κ1) is 13.6. The van der Waals surface area contributed by atoms with Crippen molar-refractivity contribution in [2.45, 2.75) is 38.8 Å². The third-order valence-corrected chi connectivity index (χ3v) is 2.70. The largest absolute Gasteiger partial charge is 0.480 e. The molecule has 0 saturated carbocycles. The van der Waals surface area contributed by atoms with Crippen molar-refractivity contribution >= 4 is 5.97 Å². The van der Waals surface area contributed by atoms with Gasteiger partial charge in [-0.15, -0.1) is 0 Å². The molecule has 4 heteroatoms. The quantitative estimate of drug-likeness (QED) is 0.802. The van der Waals surface area contributed by atoms with E-state index in [1.807, 2.05) is 6.92 Å². The molecule has 0 fully saturated rings. The monoisotopic (exact) mass is 239 g/mol. The number of benzene rings is 1. The van der Waals surface area contributed by atoms with Crippen molar-refractivity contribution in [1.82, 2.24) is 5.32 Å². The predicted molar refractivity (Wildman–Crippen MR) is 64.3 cm³/mol. The molecular formula is C13H18FNO2. The highest BCUT2D eigenvalue weighted by Crippen LogP contribution is 2.17. The lowest BCUT2D eigenvalue weighted by Gasteiger charge is -2.20. The van der Waals surface area contributed by atoms with Crippen LogP contribution in [0.1, 0.15) is 38.3 Å². The van der Waals surface area contributed by atoms with Crippen molar-refractivity contribution in [1.29, 1.82) is 0 Å². The Balaban J connectivity index is 2.73. The van der Waals surface area contributed by atoms with Crippen LogP contribution in [0.15, 0.2) is 24.3 Å². The molecule has 1 unspecified atom stereocenters. The Labute approximate surface area is 101 Å². The van der Waals surface area contributed by atoms with Crippen LogP contribution < -0.4 is 5.32 Å². The van der Waals surface area contributed by atoms with Crippen LogP contribution in [0.5, 0.6) is 0 Å². The topological polar surface area (TPSA) is 49.3 Å². The fourth-order valence-electron chi connectivity index (χ4n) is 1.78. The van der Waals surface area contributed by atoms with Gasteiger partial charge in [-0.3, -0.25) is 10.1 Å². The molecule has 0 aliphatic rings. The summed E-state index contributed by atoms with van der Waals surface area (Å²) in [7, 11) is 0. The Morgan fingerprint density at radius 2 is 2.12 bits per heavy atom. The number of rotatable bonds is 6. The van der Waals surface area contributed by atoms with E-state index >= 15 is 0 Å². The van der Waals surface area contributed by atoms with Crippen molar-refractivity contribution in [3.05, 3.63) is 35.6 Å². The molecular weight excluding hydrogens is 221 g/mol. The Morgan fingerprint density at radius 3 is 2.65 bits per heavy atom. The van der Waals surface area contributed by atoms with Gasteiger partial charge in [0.25, 0.3) is 0 Å². The predicted octanol–water partition coefficient (Wildman–Crippen LogP) is 2.73. The fraction of sp³-hybridized carbons (Fsp3) is 0.462. The van der Waals surface area contributed by atoms with Crippen LogP contribution in [0.4, 0.5) is 4.39 Å². The van der Waals surface area contributed by atoms with Crippen LogP contribution in [0.2, 0.25) is 0 Å². The second kappa shape index (κ2) is 6.35. The van der Waals surface area contributed by atoms with E-state index in [1.165, 1.54) is 6.07 Å². The van der Waals surface area contributed by atoms with E-state index in [2.05, 4.69) is 5.32 Å². The molecule has 0 radical (unpaired) electrons. The van der Waals surface area contributed by atoms with Gasteiger partial charge in [-0.2, -0.15) is 0 Å². The number of halogens is 1. The summed E-state index contributed by atoms with van der Waals surface area (Å²) in [4.78, 5) is 11.0. The number of hydrogen-bond acceptors (Lipinski definition) is 2. The van der Waals surface area contributed by atoms with Crippen molar-refractivity contribution in [3.8, 4) is 0 Å². The van der Waals surface area contributed by atoms with E-state index < -0.39 is 12.0 Å². The fourth-order valence-corrected chi connectivity index (χ4v) is 1.78. The summed E-state index contributed by atoms with van der Waals surface area (Å²) in [6.07, 6.45) is 1.31. The van der Waals surface area contributed by atoms with E-state index in [-0.39, 0.29) is 11.9 Å². The Morgan fingerprint density at radius 1 is 1.47 bits per heavy atom. The summed E-state index contributed by atoms with van der Waals surface area (Å²) in [6.45, 7) is 3.69. The van der Waals surface area contributed by atoms with Gasteiger partial charge in [0.15, 0.2) is 0 Å². The van der Waals surface area contributed by atoms with Crippen LogP contribution in [-0.2, 0) is 4.79 Å². The Hall–Kier alpha value is -1.42. The molecule has 94 valence electrons. The van der Waals surface area contributed by atoms with Crippen LogP contribution in [0, 0.1) is 5.82 Å². The van der Waals surface area contributed by atoms with Crippen molar-refractivity contribution in [3.63, 3.8) is 0 Å². The zero-order valence-electron chi connectivity index (χ0n) is 10.1. The van der Waals surface area contributed by atoms with Gasteiger partial charge in [0.2, 0.25) is 0 Å². The first-order chi connectivity index (χ1) is 8.06. The standard InChI is InChI=1S/C13H18FNO2/c1-3-6-12(13(16)17)15-9(2)10-7-4-5-8-11(10)14/h4-5,7-9,12,15H,3,6H2,1-2H3,(H,16,17)/t9-,12?/m1/s1. The second-order valence-corrected chi connectivity index (χ2v) is 4.09. The van der Waals surface area contributed by atoms with Gasteiger partial charge < -0.3 is 5.11 Å². The molecule has 3 nitrogen and oxygen atoms in total. The number of nitrogens with one attached hydrogen (secondary N) is 1. The number of hydrogen-bond donors (Lipinski definition) is 2. The summed E-state index contributed by atoms with van der Waals surface area (Å²) in [6, 6.07) is 5.46.